The number of hydrogen-bond donors (Lipinski definition) is 1. The van der Waals surface area contributed by atoms with Gasteiger partial charge in [0.15, 0.2) is 0 Å². The molecule has 0 saturated carbocycles. The maximum absolute atomic E-state index is 13.0. The number of esters is 1. The van der Waals surface area contributed by atoms with Crippen molar-refractivity contribution < 1.29 is 18.3 Å². The molecule has 1 aromatic carbocycles. The second kappa shape index (κ2) is 6.07. The van der Waals surface area contributed by atoms with Gasteiger partial charge in [0.2, 0.25) is 0 Å². The van der Waals surface area contributed by atoms with Crippen LogP contribution >= 0.6 is 0 Å². The second-order valence-corrected chi connectivity index (χ2v) is 3.58. The van der Waals surface area contributed by atoms with Crippen LogP contribution in [0.15, 0.2) is 12.1 Å². The summed E-state index contributed by atoms with van der Waals surface area (Å²) in [7, 11) is 1.17. The van der Waals surface area contributed by atoms with E-state index in [0.29, 0.717) is 0 Å². The molecule has 0 amide bonds. The molecule has 18 heavy (non-hydrogen) atoms. The zero-order valence-corrected chi connectivity index (χ0v) is 9.74. The largest absolute Gasteiger partial charge is 0.469 e. The Hall–Kier alpha value is -2.00. The number of nitriles is 1. The quantitative estimate of drug-likeness (QED) is 0.829. The number of halogens is 2. The highest BCUT2D eigenvalue weighted by Crippen LogP contribution is 2.28. The summed E-state index contributed by atoms with van der Waals surface area (Å²) < 4.78 is 30.4. The number of benzene rings is 1. The summed E-state index contributed by atoms with van der Waals surface area (Å²) in [5, 5.41) is 8.81. The molecule has 0 heterocycles. The van der Waals surface area contributed by atoms with Crippen LogP contribution in [0, 0.1) is 11.3 Å². The van der Waals surface area contributed by atoms with Gasteiger partial charge in [-0.25, -0.2) is 8.78 Å². The highest BCUT2D eigenvalue weighted by molar-refractivity contribution is 5.73. The van der Waals surface area contributed by atoms with E-state index in [9.17, 15) is 13.6 Å². The first-order valence-electron chi connectivity index (χ1n) is 5.14. The number of hydrogen-bond acceptors (Lipinski definition) is 4. The van der Waals surface area contributed by atoms with Crippen molar-refractivity contribution in [3.63, 3.8) is 0 Å². The van der Waals surface area contributed by atoms with Crippen molar-refractivity contribution >= 4 is 5.97 Å². The van der Waals surface area contributed by atoms with Crippen LogP contribution in [0.1, 0.15) is 28.7 Å². The molecule has 0 fully saturated rings. The smallest absolute Gasteiger partial charge is 0.309 e. The number of nitrogens with zero attached hydrogens (tertiary/aromatic N) is 1. The van der Waals surface area contributed by atoms with Crippen LogP contribution in [0.25, 0.3) is 0 Å². The average molecular weight is 254 g/mol. The normalized spacial score (nSPS) is 10.2. The van der Waals surface area contributed by atoms with Gasteiger partial charge in [0.05, 0.1) is 25.2 Å². The van der Waals surface area contributed by atoms with Crippen LogP contribution in [0.5, 0.6) is 0 Å². The van der Waals surface area contributed by atoms with E-state index in [1.807, 2.05) is 6.07 Å². The topological polar surface area (TPSA) is 76.1 Å². The molecule has 0 aliphatic carbocycles. The molecule has 4 nitrogen and oxygen atoms in total. The fourth-order valence-electron chi connectivity index (χ4n) is 1.67. The van der Waals surface area contributed by atoms with Gasteiger partial charge in [-0.15, -0.1) is 0 Å². The summed E-state index contributed by atoms with van der Waals surface area (Å²) >= 11 is 0. The number of ether oxygens (including phenoxy) is 1. The Morgan fingerprint density at radius 3 is 2.56 bits per heavy atom. The molecule has 0 bridgehead atoms. The predicted octanol–water partition coefficient (Wildman–Crippen LogP) is 1.67. The minimum Gasteiger partial charge on any atom is -0.469 e. The maximum Gasteiger partial charge on any atom is 0.309 e. The lowest BCUT2D eigenvalue weighted by atomic mass is 9.96. The molecule has 0 atom stereocenters. The minimum atomic E-state index is -2.75. The Kier molecular flexibility index (Phi) is 4.75. The van der Waals surface area contributed by atoms with E-state index in [2.05, 4.69) is 4.74 Å². The van der Waals surface area contributed by atoms with E-state index in [4.69, 9.17) is 11.0 Å². The summed E-state index contributed by atoms with van der Waals surface area (Å²) in [5.74, 6) is -0.644. The van der Waals surface area contributed by atoms with E-state index in [1.54, 1.807) is 0 Å². The van der Waals surface area contributed by atoms with Crippen LogP contribution in [-0.2, 0) is 22.5 Å². The lowest BCUT2D eigenvalue weighted by molar-refractivity contribution is -0.139. The van der Waals surface area contributed by atoms with E-state index in [1.165, 1.54) is 19.2 Å². The van der Waals surface area contributed by atoms with E-state index >= 15 is 0 Å². The Balaban J connectivity index is 3.35. The van der Waals surface area contributed by atoms with Gasteiger partial charge in [-0.05, 0) is 23.3 Å². The number of methoxy groups -OCH3 is 1. The molecule has 0 spiro atoms. The van der Waals surface area contributed by atoms with Crippen LogP contribution in [-0.4, -0.2) is 13.1 Å². The van der Waals surface area contributed by atoms with Crippen molar-refractivity contribution in [3.8, 4) is 6.07 Å². The van der Waals surface area contributed by atoms with E-state index in [-0.39, 0.29) is 35.2 Å². The molecule has 0 unspecified atom stereocenters. The molecule has 6 heteroatoms. The lowest BCUT2D eigenvalue weighted by Gasteiger charge is -2.13. The van der Waals surface area contributed by atoms with Gasteiger partial charge in [0.25, 0.3) is 6.43 Å². The van der Waals surface area contributed by atoms with Gasteiger partial charge in [0.1, 0.15) is 0 Å². The molecule has 0 aliphatic rings. The van der Waals surface area contributed by atoms with Gasteiger partial charge in [-0.2, -0.15) is 5.26 Å². The zero-order valence-electron chi connectivity index (χ0n) is 9.74. The van der Waals surface area contributed by atoms with Crippen molar-refractivity contribution in [1.29, 1.82) is 5.26 Å². The van der Waals surface area contributed by atoms with Gasteiger partial charge in [0, 0.05) is 12.1 Å². The fraction of sp³-hybridized carbons (Fsp3) is 0.333. The van der Waals surface area contributed by atoms with Crippen LogP contribution < -0.4 is 5.73 Å². The molecule has 96 valence electrons. The third-order valence-corrected chi connectivity index (χ3v) is 2.48. The third kappa shape index (κ3) is 3.02. The Morgan fingerprint density at radius 1 is 1.50 bits per heavy atom. The first-order valence-corrected chi connectivity index (χ1v) is 5.14. The summed E-state index contributed by atoms with van der Waals surface area (Å²) in [4.78, 5) is 11.2. The first-order chi connectivity index (χ1) is 8.53. The molecular formula is C12H12F2N2O2. The average Bonchev–Trinajstić information content (AvgIpc) is 2.36. The second-order valence-electron chi connectivity index (χ2n) is 3.58. The van der Waals surface area contributed by atoms with Crippen LogP contribution in [0.2, 0.25) is 0 Å². The lowest BCUT2D eigenvalue weighted by Crippen LogP contribution is -2.11. The van der Waals surface area contributed by atoms with Crippen molar-refractivity contribution in [1.82, 2.24) is 0 Å². The molecule has 1 rings (SSSR count). The van der Waals surface area contributed by atoms with Crippen LogP contribution in [0.4, 0.5) is 8.78 Å². The number of nitrogens with two attached hydrogens (primary N) is 1. The fourth-order valence-corrected chi connectivity index (χ4v) is 1.67. The number of rotatable bonds is 4. The zero-order chi connectivity index (χ0) is 13.7. The minimum absolute atomic E-state index is 0.0800. The van der Waals surface area contributed by atoms with Crippen molar-refractivity contribution in [3.05, 3.63) is 34.4 Å². The first kappa shape index (κ1) is 14.1. The van der Waals surface area contributed by atoms with Gasteiger partial charge in [-0.3, -0.25) is 4.79 Å². The van der Waals surface area contributed by atoms with Gasteiger partial charge >= 0.3 is 5.97 Å². The van der Waals surface area contributed by atoms with E-state index < -0.39 is 12.4 Å². The molecule has 2 N–H and O–H groups in total. The number of carbonyl (C=O) groups is 1. The Bertz CT molecular complexity index is 496. The predicted molar refractivity (Wildman–Crippen MR) is 59.7 cm³/mol. The molecule has 0 saturated heterocycles. The van der Waals surface area contributed by atoms with Crippen LogP contribution in [0.3, 0.4) is 0 Å². The highest BCUT2D eigenvalue weighted by atomic mass is 19.3. The summed E-state index contributed by atoms with van der Waals surface area (Å²) in [5.41, 5.74) is 5.54. The SMILES string of the molecule is COC(=O)Cc1cc(C#N)cc(CN)c1C(F)F. The van der Waals surface area contributed by atoms with Crippen molar-refractivity contribution in [2.75, 3.05) is 7.11 Å². The summed E-state index contributed by atoms with van der Waals surface area (Å²) in [6.07, 6.45) is -3.06. The van der Waals surface area contributed by atoms with Crippen molar-refractivity contribution in [2.45, 2.75) is 19.4 Å². The number of carbonyl (C=O) groups excluding carboxylic acids is 1. The molecule has 0 aromatic heterocycles. The Labute approximate surface area is 103 Å². The van der Waals surface area contributed by atoms with Crippen molar-refractivity contribution in [2.24, 2.45) is 5.73 Å². The highest BCUT2D eigenvalue weighted by Gasteiger charge is 2.20. The third-order valence-electron chi connectivity index (χ3n) is 2.48. The van der Waals surface area contributed by atoms with E-state index in [0.717, 1.165) is 0 Å². The monoisotopic (exact) mass is 254 g/mol. The van der Waals surface area contributed by atoms with Gasteiger partial charge < -0.3 is 10.5 Å². The molecule has 1 aromatic rings. The molecular weight excluding hydrogens is 242 g/mol. The number of alkyl halides is 2. The molecule has 0 radical (unpaired) electrons. The summed E-state index contributed by atoms with van der Waals surface area (Å²) in [6.45, 7) is -0.122. The molecule has 0 aliphatic heterocycles. The maximum atomic E-state index is 13.0. The summed E-state index contributed by atoms with van der Waals surface area (Å²) in [6, 6.07) is 4.42. The standard InChI is InChI=1S/C12H12F2N2O2/c1-18-10(17)4-8-2-7(5-15)3-9(6-16)11(8)12(13)14/h2-3,12H,4,6,16H2,1H3. The van der Waals surface area contributed by atoms with Gasteiger partial charge in [-0.1, -0.05) is 0 Å². The Morgan fingerprint density at radius 2 is 2.11 bits per heavy atom.